The van der Waals surface area contributed by atoms with Crippen LogP contribution in [0, 0.1) is 0 Å². The molecule has 4 rings (SSSR count). The molecule has 0 aromatic heterocycles. The van der Waals surface area contributed by atoms with Gasteiger partial charge in [0.2, 0.25) is 11.8 Å². The summed E-state index contributed by atoms with van der Waals surface area (Å²) in [4.78, 5) is 31.2. The third kappa shape index (κ3) is 9.64. The van der Waals surface area contributed by atoms with Crippen molar-refractivity contribution in [1.29, 1.82) is 0 Å². The number of halogens is 1. The highest BCUT2D eigenvalue weighted by atomic mass is 79.9. The molecule has 254 valence electrons. The second-order valence-electron chi connectivity index (χ2n) is 11.3. The molecule has 0 aliphatic heterocycles. The topological polar surface area (TPSA) is 96.0 Å². The first-order chi connectivity index (χ1) is 23.1. The Balaban J connectivity index is 1.84. The Morgan fingerprint density at radius 1 is 0.875 bits per heavy atom. The van der Waals surface area contributed by atoms with Gasteiger partial charge in [0.05, 0.1) is 17.2 Å². The van der Waals surface area contributed by atoms with Crippen molar-refractivity contribution < 1.29 is 22.7 Å². The maximum atomic E-state index is 14.7. The minimum Gasteiger partial charge on any atom is -0.492 e. The quantitative estimate of drug-likeness (QED) is 0.121. The van der Waals surface area contributed by atoms with Crippen LogP contribution in [0.5, 0.6) is 5.75 Å². The Kier molecular flexibility index (Phi) is 13.5. The van der Waals surface area contributed by atoms with Crippen molar-refractivity contribution in [2.45, 2.75) is 62.0 Å². The van der Waals surface area contributed by atoms with Crippen LogP contribution in [0.3, 0.4) is 0 Å². The minimum absolute atomic E-state index is 0.0363. The summed E-state index contributed by atoms with van der Waals surface area (Å²) in [6.07, 6.45) is 2.86. The molecule has 2 atom stereocenters. The number of carbonyl (C=O) groups excluding carboxylic acids is 2. The summed E-state index contributed by atoms with van der Waals surface area (Å²) in [6, 6.07) is 29.3. The molecule has 0 heterocycles. The third-order valence-corrected chi connectivity index (χ3v) is 10.9. The SMILES string of the molecule is CCOc1ccccc1N(CC(=O)N(Cc1ccc(Br)cc1)[C@H](Cc1ccccc1)C(=O)N[C@H](C)CC)S(=O)(=O)c1ccc(SC)cc1. The molecule has 2 amide bonds. The van der Waals surface area contributed by atoms with Gasteiger partial charge in [0.1, 0.15) is 18.3 Å². The second kappa shape index (κ2) is 17.6. The average Bonchev–Trinajstić information content (AvgIpc) is 3.10. The van der Waals surface area contributed by atoms with Gasteiger partial charge in [-0.25, -0.2) is 8.42 Å². The number of nitrogens with zero attached hydrogens (tertiary/aromatic N) is 2. The highest BCUT2D eigenvalue weighted by Gasteiger charge is 2.35. The van der Waals surface area contributed by atoms with Gasteiger partial charge in [0.25, 0.3) is 10.0 Å². The van der Waals surface area contributed by atoms with E-state index in [4.69, 9.17) is 4.74 Å². The first-order valence-corrected chi connectivity index (χ1v) is 19.3. The monoisotopic (exact) mass is 751 g/mol. The zero-order valence-corrected chi connectivity index (χ0v) is 30.9. The molecule has 11 heteroatoms. The van der Waals surface area contributed by atoms with E-state index in [1.165, 1.54) is 16.7 Å². The normalized spacial score (nSPS) is 12.5. The first kappa shape index (κ1) is 37.0. The van der Waals surface area contributed by atoms with E-state index >= 15 is 0 Å². The van der Waals surface area contributed by atoms with Crippen molar-refractivity contribution in [3.8, 4) is 5.75 Å². The van der Waals surface area contributed by atoms with Crippen molar-refractivity contribution in [2.24, 2.45) is 0 Å². The van der Waals surface area contributed by atoms with Crippen molar-refractivity contribution in [1.82, 2.24) is 10.2 Å². The summed E-state index contributed by atoms with van der Waals surface area (Å²) in [5, 5.41) is 3.06. The highest BCUT2D eigenvalue weighted by molar-refractivity contribution is 9.10. The van der Waals surface area contributed by atoms with Crippen molar-refractivity contribution in [3.05, 3.63) is 119 Å². The van der Waals surface area contributed by atoms with Gasteiger partial charge in [0.15, 0.2) is 0 Å². The highest BCUT2D eigenvalue weighted by Crippen LogP contribution is 2.33. The maximum Gasteiger partial charge on any atom is 0.264 e. The van der Waals surface area contributed by atoms with Crippen LogP contribution >= 0.6 is 27.7 Å². The molecule has 4 aromatic carbocycles. The molecule has 4 aromatic rings. The van der Waals surface area contributed by atoms with Crippen LogP contribution in [-0.4, -0.2) is 56.6 Å². The summed E-state index contributed by atoms with van der Waals surface area (Å²) in [5.74, 6) is -0.517. The second-order valence-corrected chi connectivity index (χ2v) is 14.9. The molecular formula is C37H42BrN3O5S2. The molecule has 0 saturated carbocycles. The maximum absolute atomic E-state index is 14.7. The fourth-order valence-electron chi connectivity index (χ4n) is 5.11. The van der Waals surface area contributed by atoms with Gasteiger partial charge in [-0.05, 0) is 86.2 Å². The first-order valence-electron chi connectivity index (χ1n) is 15.8. The Bertz CT molecular complexity index is 1750. The number of rotatable bonds is 16. The van der Waals surface area contributed by atoms with E-state index in [2.05, 4.69) is 21.2 Å². The Labute approximate surface area is 297 Å². The number of thioether (sulfide) groups is 1. The number of carbonyl (C=O) groups is 2. The van der Waals surface area contributed by atoms with E-state index in [1.54, 1.807) is 48.5 Å². The van der Waals surface area contributed by atoms with Crippen LogP contribution in [0.4, 0.5) is 5.69 Å². The van der Waals surface area contributed by atoms with Gasteiger partial charge in [0, 0.05) is 28.4 Å². The van der Waals surface area contributed by atoms with E-state index in [0.29, 0.717) is 18.8 Å². The van der Waals surface area contributed by atoms with Gasteiger partial charge in [-0.3, -0.25) is 13.9 Å². The number of ether oxygens (including phenoxy) is 1. The van der Waals surface area contributed by atoms with Crippen LogP contribution in [0.1, 0.15) is 38.3 Å². The van der Waals surface area contributed by atoms with Gasteiger partial charge >= 0.3 is 0 Å². The van der Waals surface area contributed by atoms with Crippen LogP contribution < -0.4 is 14.4 Å². The minimum atomic E-state index is -4.26. The number of anilines is 1. The fraction of sp³-hybridized carbons (Fsp3) is 0.297. The molecule has 0 radical (unpaired) electrons. The summed E-state index contributed by atoms with van der Waals surface area (Å²) >= 11 is 4.97. The van der Waals surface area contributed by atoms with Crippen LogP contribution in [-0.2, 0) is 32.6 Å². The molecule has 0 bridgehead atoms. The number of hydrogen-bond donors (Lipinski definition) is 1. The smallest absolute Gasteiger partial charge is 0.264 e. The lowest BCUT2D eigenvalue weighted by Gasteiger charge is -2.34. The number of sulfonamides is 1. The van der Waals surface area contributed by atoms with Gasteiger partial charge in [-0.15, -0.1) is 11.8 Å². The average molecular weight is 753 g/mol. The summed E-state index contributed by atoms with van der Waals surface area (Å²) in [6.45, 7) is 5.53. The number of para-hydroxylation sites is 2. The lowest BCUT2D eigenvalue weighted by Crippen LogP contribution is -2.54. The molecule has 1 N–H and O–H groups in total. The third-order valence-electron chi connectivity index (χ3n) is 7.90. The number of nitrogens with one attached hydrogen (secondary N) is 1. The van der Waals surface area contributed by atoms with Gasteiger partial charge in [-0.1, -0.05) is 77.5 Å². The molecule has 8 nitrogen and oxygen atoms in total. The van der Waals surface area contributed by atoms with Crippen LogP contribution in [0.15, 0.2) is 117 Å². The summed E-state index contributed by atoms with van der Waals surface area (Å²) in [5.41, 5.74) is 1.89. The molecule has 0 unspecified atom stereocenters. The number of amides is 2. The molecule has 0 spiro atoms. The molecule has 0 aliphatic carbocycles. The molecule has 0 saturated heterocycles. The standard InChI is InChI=1S/C37H42BrN3O5S2/c1-5-27(3)39-37(43)34(24-28-12-8-7-9-13-28)40(25-29-16-18-30(38)19-17-29)36(42)26-41(33-14-10-11-15-35(33)46-6-2)48(44,45)32-22-20-31(47-4)21-23-32/h7-23,27,34H,5-6,24-26H2,1-4H3,(H,39,43)/t27-,34-/m1/s1. The lowest BCUT2D eigenvalue weighted by molar-refractivity contribution is -0.140. The van der Waals surface area contributed by atoms with Crippen molar-refractivity contribution >= 4 is 55.2 Å². The zero-order valence-electron chi connectivity index (χ0n) is 27.6. The Morgan fingerprint density at radius 3 is 2.15 bits per heavy atom. The van der Waals surface area contributed by atoms with E-state index in [9.17, 15) is 18.0 Å². The van der Waals surface area contributed by atoms with E-state index in [-0.39, 0.29) is 35.5 Å². The molecule has 0 aliphatic rings. The largest absolute Gasteiger partial charge is 0.492 e. The number of hydrogen-bond acceptors (Lipinski definition) is 6. The van der Waals surface area contributed by atoms with Gasteiger partial charge in [-0.2, -0.15) is 0 Å². The predicted octanol–water partition coefficient (Wildman–Crippen LogP) is 7.32. The van der Waals surface area contributed by atoms with Gasteiger partial charge < -0.3 is 15.0 Å². The van der Waals surface area contributed by atoms with Crippen LogP contribution in [0.25, 0.3) is 0 Å². The lowest BCUT2D eigenvalue weighted by atomic mass is 10.0. The Hall–Kier alpha value is -3.80. The zero-order chi connectivity index (χ0) is 34.7. The fourth-order valence-corrected chi connectivity index (χ4v) is 7.21. The summed E-state index contributed by atoms with van der Waals surface area (Å²) in [7, 11) is -4.26. The molecule has 0 fully saturated rings. The predicted molar refractivity (Wildman–Crippen MR) is 197 cm³/mol. The van der Waals surface area contributed by atoms with Crippen LogP contribution in [0.2, 0.25) is 0 Å². The molecule has 48 heavy (non-hydrogen) atoms. The van der Waals surface area contributed by atoms with Crippen molar-refractivity contribution in [2.75, 3.05) is 23.7 Å². The number of benzene rings is 4. The van der Waals surface area contributed by atoms with E-state index in [1.807, 2.05) is 81.6 Å². The Morgan fingerprint density at radius 2 is 1.52 bits per heavy atom. The van der Waals surface area contributed by atoms with E-state index in [0.717, 1.165) is 24.8 Å². The van der Waals surface area contributed by atoms with Crippen molar-refractivity contribution in [3.63, 3.8) is 0 Å². The molecular weight excluding hydrogens is 710 g/mol. The summed E-state index contributed by atoms with van der Waals surface area (Å²) < 4.78 is 36.7. The van der Waals surface area contributed by atoms with E-state index < -0.39 is 28.5 Å².